The van der Waals surface area contributed by atoms with Crippen molar-refractivity contribution in [3.8, 4) is 0 Å². The summed E-state index contributed by atoms with van der Waals surface area (Å²) in [6, 6.07) is 0. The second kappa shape index (κ2) is 24.6. The lowest BCUT2D eigenvalue weighted by atomic mass is 9.40. The van der Waals surface area contributed by atoms with Crippen LogP contribution in [0.1, 0.15) is 79.1 Å². The van der Waals surface area contributed by atoms with Crippen molar-refractivity contribution in [2.45, 2.75) is 238 Å². The Morgan fingerprint density at radius 3 is 1.34 bits per heavy atom. The highest BCUT2D eigenvalue weighted by Crippen LogP contribution is 2.69. The predicted octanol–water partition coefficient (Wildman–Crippen LogP) is -6.65. The monoisotopic (exact) mass is 1140 g/mol. The van der Waals surface area contributed by atoms with Crippen LogP contribution in [0.2, 0.25) is 0 Å². The number of hydrogen-bond donors (Lipinski definition) is 17. The first kappa shape index (κ1) is 63.2. The first-order chi connectivity index (χ1) is 37.2. The summed E-state index contributed by atoms with van der Waals surface area (Å²) in [4.78, 5) is 14.8. The maximum Gasteiger partial charge on any atom is 0.314 e. The van der Waals surface area contributed by atoms with Gasteiger partial charge in [0.05, 0.1) is 44.1 Å². The van der Waals surface area contributed by atoms with Gasteiger partial charge in [0.15, 0.2) is 25.2 Å². The molecule has 0 aromatic heterocycles. The molecule has 3 saturated carbocycles. The van der Waals surface area contributed by atoms with Gasteiger partial charge in [0.2, 0.25) is 6.29 Å². The Labute approximate surface area is 455 Å². The van der Waals surface area contributed by atoms with Crippen molar-refractivity contribution in [2.24, 2.45) is 28.1 Å². The molecule has 28 nitrogen and oxygen atoms in total. The van der Waals surface area contributed by atoms with Gasteiger partial charge in [-0.1, -0.05) is 26.8 Å². The highest BCUT2D eigenvalue weighted by molar-refractivity contribution is 5.77. The van der Waals surface area contributed by atoms with Crippen LogP contribution in [0.15, 0.2) is 12.2 Å². The Hall–Kier alpha value is -1.83. The molecule has 8 aliphatic rings. The molecule has 0 radical (unpaired) electrons. The van der Waals surface area contributed by atoms with Crippen LogP contribution < -0.4 is 0 Å². The molecule has 8 fully saturated rings. The third-order valence-electron chi connectivity index (χ3n) is 19.0. The molecule has 0 aromatic carbocycles. The zero-order valence-corrected chi connectivity index (χ0v) is 44.6. The lowest BCUT2D eigenvalue weighted by Gasteiger charge is -2.66. The number of ether oxygens (including phenoxy) is 10. The van der Waals surface area contributed by atoms with E-state index in [0.717, 1.165) is 0 Å². The molecule has 31 atom stereocenters. The first-order valence-electron chi connectivity index (χ1n) is 27.2. The Bertz CT molecular complexity index is 2060. The smallest absolute Gasteiger partial charge is 0.314 e. The number of carbonyl (C=O) groups excluding carboxylic acids is 1. The van der Waals surface area contributed by atoms with E-state index < -0.39 is 214 Å². The van der Waals surface area contributed by atoms with Crippen LogP contribution in [-0.2, 0) is 52.2 Å². The van der Waals surface area contributed by atoms with Gasteiger partial charge < -0.3 is 134 Å². The minimum absolute atomic E-state index is 0.105. The van der Waals surface area contributed by atoms with Crippen molar-refractivity contribution < 1.29 is 139 Å². The van der Waals surface area contributed by atoms with Gasteiger partial charge in [-0.25, -0.2) is 0 Å². The van der Waals surface area contributed by atoms with E-state index in [4.69, 9.17) is 47.4 Å². The van der Waals surface area contributed by atoms with Crippen molar-refractivity contribution in [2.75, 3.05) is 33.0 Å². The Kier molecular flexibility index (Phi) is 19.7. The normalized spacial score (nSPS) is 53.4. The summed E-state index contributed by atoms with van der Waals surface area (Å²) in [5.74, 6) is -1.18. The minimum Gasteiger partial charge on any atom is -0.432 e. The summed E-state index contributed by atoms with van der Waals surface area (Å²) in [5.41, 5.74) is -3.14. The fraction of sp³-hybridized carbons (Fsp3) is 0.941. The topological polar surface area (TPSA) is 453 Å². The molecule has 0 aromatic rings. The van der Waals surface area contributed by atoms with E-state index >= 15 is 0 Å². The summed E-state index contributed by atoms with van der Waals surface area (Å²) in [5, 5.41) is 181. The van der Waals surface area contributed by atoms with E-state index in [9.17, 15) is 91.6 Å². The van der Waals surface area contributed by atoms with E-state index in [1.165, 1.54) is 0 Å². The van der Waals surface area contributed by atoms with Gasteiger partial charge in [-0.15, -0.1) is 0 Å². The Morgan fingerprint density at radius 2 is 0.873 bits per heavy atom. The highest BCUT2D eigenvalue weighted by atomic mass is 16.8. The number of fused-ring (bicyclic) bond motifs is 3. The van der Waals surface area contributed by atoms with Crippen molar-refractivity contribution in [3.05, 3.63) is 12.2 Å². The molecule has 5 heterocycles. The third kappa shape index (κ3) is 11.5. The molecule has 17 N–H and O–H groups in total. The van der Waals surface area contributed by atoms with E-state index in [1.807, 2.05) is 0 Å². The van der Waals surface area contributed by atoms with E-state index in [-0.39, 0.29) is 24.7 Å². The molecular weight excluding hydrogens is 1060 g/mol. The minimum atomic E-state index is -2.00. The molecule has 5 aliphatic heterocycles. The molecule has 456 valence electrons. The van der Waals surface area contributed by atoms with Crippen molar-refractivity contribution in [3.63, 3.8) is 0 Å². The number of aliphatic hydroxyl groups is 17. The second-order valence-electron chi connectivity index (χ2n) is 23.9. The predicted molar refractivity (Wildman–Crippen MR) is 258 cm³/mol. The van der Waals surface area contributed by atoms with Crippen LogP contribution in [0.4, 0.5) is 0 Å². The standard InChI is InChI=1S/C51H84O28/c1-19(2)51(79-46-41(77-44-37(67)34(64)29(59)22(15-54)72-44)40(31(61)24(17-56)74-46)76-43-36(66)33(63)28(58)21(14-53)71-43)12-8-25-48(3,18-51)11-7-26-49(25,4)9-6-10-50(26,5)47(69)78-45-38(68)39(30(60)23(16-55)73-45)75-42-35(65)32(62)27(57)20(13-52)70-42/h20-46,52-68H,1,6-18H2,2-5H3/t20?,21?,22?,23?,24?,25-,26+,27?,28?,29?,30?,31?,32?,33?,34?,35?,36?,37?,38?,39?,40?,41?,42?,43?,44?,45?,46?,48+,49+,50-,51+/m1/s1. The van der Waals surface area contributed by atoms with Crippen molar-refractivity contribution in [1.82, 2.24) is 0 Å². The number of carbonyl (C=O) groups is 1. The average Bonchev–Trinajstić information content (AvgIpc) is 3.44. The Morgan fingerprint density at radius 1 is 0.468 bits per heavy atom. The molecule has 28 heteroatoms. The summed E-state index contributed by atoms with van der Waals surface area (Å²) in [6.45, 7) is 7.93. The molecule has 79 heavy (non-hydrogen) atoms. The van der Waals surface area contributed by atoms with Gasteiger partial charge in [-0.2, -0.15) is 0 Å². The lowest BCUT2D eigenvalue weighted by Crippen LogP contribution is -2.68. The highest BCUT2D eigenvalue weighted by Gasteiger charge is 2.66. The summed E-state index contributed by atoms with van der Waals surface area (Å²) in [7, 11) is 0. The van der Waals surface area contributed by atoms with Gasteiger partial charge in [0.25, 0.3) is 0 Å². The molecule has 0 amide bonds. The van der Waals surface area contributed by atoms with E-state index in [1.54, 1.807) is 13.8 Å². The zero-order chi connectivity index (χ0) is 58.0. The molecule has 0 spiro atoms. The van der Waals surface area contributed by atoms with Crippen LogP contribution >= 0.6 is 0 Å². The molecule has 8 rings (SSSR count). The van der Waals surface area contributed by atoms with Crippen LogP contribution in [-0.4, -0.2) is 285 Å². The number of aliphatic hydroxyl groups excluding tert-OH is 17. The lowest BCUT2D eigenvalue weighted by molar-refractivity contribution is -0.401. The van der Waals surface area contributed by atoms with Gasteiger partial charge in [-0.05, 0) is 87.0 Å². The fourth-order valence-electron chi connectivity index (χ4n) is 14.5. The van der Waals surface area contributed by atoms with Crippen LogP contribution in [0.5, 0.6) is 0 Å². The molecule has 3 aliphatic carbocycles. The van der Waals surface area contributed by atoms with E-state index in [0.29, 0.717) is 44.1 Å². The SMILES string of the molecule is C=C(C)[C@]1(OC2OC(CO)C(O)C(OC3OC(CO)C(O)C(O)C3O)C2OC2OC(CO)C(O)C(O)C2O)CC[C@@H]2[C@@](C)(CC[C@H]3[C@@]2(C)CCC[C@@]3(C)C(=O)OC2OC(CO)C(O)C(OC3OC(CO)C(O)C(O)C3O)C2O)C1. The summed E-state index contributed by atoms with van der Waals surface area (Å²) >= 11 is 0. The first-order valence-corrected chi connectivity index (χ1v) is 27.2. The van der Waals surface area contributed by atoms with Crippen LogP contribution in [0.25, 0.3) is 0 Å². The average molecular weight is 1150 g/mol. The quantitative estimate of drug-likeness (QED) is 0.0388. The van der Waals surface area contributed by atoms with Gasteiger partial charge >= 0.3 is 5.97 Å². The molecular formula is C51H84O28. The summed E-state index contributed by atoms with van der Waals surface area (Å²) in [6.07, 6.45) is -40.8. The Balaban J connectivity index is 1.04. The van der Waals surface area contributed by atoms with Crippen molar-refractivity contribution >= 4 is 5.97 Å². The van der Waals surface area contributed by atoms with Gasteiger partial charge in [0.1, 0.15) is 122 Å². The zero-order valence-electron chi connectivity index (χ0n) is 44.6. The second-order valence-corrected chi connectivity index (χ2v) is 23.9. The van der Waals surface area contributed by atoms with Gasteiger partial charge in [0, 0.05) is 0 Å². The van der Waals surface area contributed by atoms with Crippen molar-refractivity contribution in [1.29, 1.82) is 0 Å². The third-order valence-corrected chi connectivity index (χ3v) is 19.0. The fourth-order valence-corrected chi connectivity index (χ4v) is 14.5. The number of hydrogen-bond acceptors (Lipinski definition) is 28. The van der Waals surface area contributed by atoms with Crippen LogP contribution in [0.3, 0.4) is 0 Å². The van der Waals surface area contributed by atoms with Gasteiger partial charge in [-0.3, -0.25) is 4.79 Å². The van der Waals surface area contributed by atoms with Crippen LogP contribution in [0, 0.1) is 28.1 Å². The maximum atomic E-state index is 14.8. The molecule has 0 bridgehead atoms. The molecule has 5 saturated heterocycles. The largest absolute Gasteiger partial charge is 0.432 e. The number of rotatable bonds is 16. The molecule has 25 unspecified atom stereocenters. The maximum absolute atomic E-state index is 14.8. The van der Waals surface area contributed by atoms with E-state index in [2.05, 4.69) is 20.4 Å². The summed E-state index contributed by atoms with van der Waals surface area (Å²) < 4.78 is 60.0. The number of esters is 1.